The molecule has 0 bridgehead atoms. The second kappa shape index (κ2) is 4.54. The van der Waals surface area contributed by atoms with Gasteiger partial charge in [-0.3, -0.25) is 4.79 Å². The van der Waals surface area contributed by atoms with Crippen LogP contribution in [0.2, 0.25) is 0 Å². The number of aliphatic carboxylic acids is 1. The van der Waals surface area contributed by atoms with E-state index in [0.29, 0.717) is 5.56 Å². The number of carbonyl (C=O) groups excluding carboxylic acids is 1. The summed E-state index contributed by atoms with van der Waals surface area (Å²) in [6.45, 7) is 0. The quantitative estimate of drug-likeness (QED) is 0.723. The van der Waals surface area contributed by atoms with Crippen molar-refractivity contribution in [3.63, 3.8) is 0 Å². The topological polar surface area (TPSA) is 70.5 Å². The van der Waals surface area contributed by atoms with Crippen LogP contribution in [0.3, 0.4) is 0 Å². The average Bonchev–Trinajstić information content (AvgIpc) is 2.18. The highest BCUT2D eigenvalue weighted by Gasteiger charge is 2.12. The van der Waals surface area contributed by atoms with Gasteiger partial charge in [0, 0.05) is 26.7 Å². The molecule has 80 valence electrons. The summed E-state index contributed by atoms with van der Waals surface area (Å²) in [7, 11) is 3.70. The maximum Gasteiger partial charge on any atom is 0.372 e. The molecule has 0 aliphatic rings. The monoisotopic (exact) mass is 208 g/mol. The molecule has 1 aromatic heterocycles. The summed E-state index contributed by atoms with van der Waals surface area (Å²) < 4.78 is 0. The smallest absolute Gasteiger partial charge is 0.372 e. The molecule has 0 saturated heterocycles. The predicted octanol–water partition coefficient (Wildman–Crippen LogP) is 0.344. The van der Waals surface area contributed by atoms with Gasteiger partial charge in [-0.25, -0.2) is 9.78 Å². The standard InChI is InChI=1S/C10H12N2O3/c1-12(2)9-4-3-7(6-11-9)5-8(13)10(14)15/h3-4,6H,5H2,1-2H3,(H,14,15). The zero-order valence-electron chi connectivity index (χ0n) is 8.60. The van der Waals surface area contributed by atoms with Crippen LogP contribution >= 0.6 is 0 Å². The van der Waals surface area contributed by atoms with Crippen molar-refractivity contribution in [1.29, 1.82) is 0 Å². The average molecular weight is 208 g/mol. The minimum absolute atomic E-state index is 0.115. The number of rotatable bonds is 4. The Balaban J connectivity index is 2.73. The molecule has 0 aliphatic carbocycles. The van der Waals surface area contributed by atoms with Gasteiger partial charge in [-0.1, -0.05) is 6.07 Å². The van der Waals surface area contributed by atoms with Crippen LogP contribution in [0, 0.1) is 0 Å². The van der Waals surface area contributed by atoms with Crippen LogP contribution in [-0.4, -0.2) is 35.9 Å². The van der Waals surface area contributed by atoms with E-state index in [1.54, 1.807) is 12.1 Å². The van der Waals surface area contributed by atoms with Gasteiger partial charge in [0.1, 0.15) is 5.82 Å². The molecular formula is C10H12N2O3. The zero-order chi connectivity index (χ0) is 11.4. The van der Waals surface area contributed by atoms with Crippen molar-refractivity contribution >= 4 is 17.6 Å². The molecule has 0 saturated carbocycles. The van der Waals surface area contributed by atoms with Crippen molar-refractivity contribution in [3.8, 4) is 0 Å². The number of ketones is 1. The van der Waals surface area contributed by atoms with Crippen molar-refractivity contribution < 1.29 is 14.7 Å². The first kappa shape index (κ1) is 11.2. The van der Waals surface area contributed by atoms with Crippen LogP contribution in [0.1, 0.15) is 5.56 Å². The number of carboxylic acid groups (broad SMARTS) is 1. The minimum atomic E-state index is -1.41. The van der Waals surface area contributed by atoms with Crippen LogP contribution < -0.4 is 4.90 Å². The summed E-state index contributed by atoms with van der Waals surface area (Å²) in [5.74, 6) is -1.47. The first-order valence-corrected chi connectivity index (χ1v) is 4.39. The molecule has 1 heterocycles. The molecule has 0 unspecified atom stereocenters. The fraction of sp³-hybridized carbons (Fsp3) is 0.300. The van der Waals surface area contributed by atoms with Gasteiger partial charge in [0.05, 0.1) is 0 Å². The Labute approximate surface area is 87.4 Å². The lowest BCUT2D eigenvalue weighted by molar-refractivity contribution is -0.148. The van der Waals surface area contributed by atoms with Crippen molar-refractivity contribution in [2.45, 2.75) is 6.42 Å². The number of anilines is 1. The third-order valence-corrected chi connectivity index (χ3v) is 1.87. The molecule has 1 N–H and O–H groups in total. The Morgan fingerprint density at radius 3 is 2.47 bits per heavy atom. The molecule has 0 aromatic carbocycles. The molecule has 0 atom stereocenters. The number of hydrogen-bond acceptors (Lipinski definition) is 4. The summed E-state index contributed by atoms with van der Waals surface area (Å²) >= 11 is 0. The largest absolute Gasteiger partial charge is 0.475 e. The lowest BCUT2D eigenvalue weighted by atomic mass is 10.1. The number of aromatic nitrogens is 1. The fourth-order valence-corrected chi connectivity index (χ4v) is 1.05. The van der Waals surface area contributed by atoms with Gasteiger partial charge in [-0.05, 0) is 11.6 Å². The first-order chi connectivity index (χ1) is 7.00. The molecule has 1 aromatic rings. The molecule has 1 rings (SSSR count). The highest BCUT2D eigenvalue weighted by atomic mass is 16.4. The van der Waals surface area contributed by atoms with Gasteiger partial charge in [-0.2, -0.15) is 0 Å². The molecule has 0 radical (unpaired) electrons. The third kappa shape index (κ3) is 3.05. The van der Waals surface area contributed by atoms with Crippen LogP contribution in [0.25, 0.3) is 0 Å². The van der Waals surface area contributed by atoms with Crippen LogP contribution in [0.15, 0.2) is 18.3 Å². The van der Waals surface area contributed by atoms with Crippen LogP contribution in [0.4, 0.5) is 5.82 Å². The van der Waals surface area contributed by atoms with Crippen molar-refractivity contribution in [2.75, 3.05) is 19.0 Å². The Kier molecular flexibility index (Phi) is 3.38. The summed E-state index contributed by atoms with van der Waals surface area (Å²) in [6, 6.07) is 3.44. The SMILES string of the molecule is CN(C)c1ccc(CC(=O)C(=O)O)cn1. The minimum Gasteiger partial charge on any atom is -0.475 e. The number of Topliss-reactive ketones (excluding diaryl/α,β-unsaturated/α-hetero) is 1. The maximum atomic E-state index is 10.9. The number of hydrogen-bond donors (Lipinski definition) is 1. The van der Waals surface area contributed by atoms with Crippen LogP contribution in [-0.2, 0) is 16.0 Å². The number of carbonyl (C=O) groups is 2. The Hall–Kier alpha value is -1.91. The van der Waals surface area contributed by atoms with Crippen molar-refractivity contribution in [1.82, 2.24) is 4.98 Å². The fourth-order valence-electron chi connectivity index (χ4n) is 1.05. The van der Waals surface area contributed by atoms with E-state index in [2.05, 4.69) is 4.98 Å². The summed E-state index contributed by atoms with van der Waals surface area (Å²) in [5.41, 5.74) is 0.605. The van der Waals surface area contributed by atoms with E-state index in [1.807, 2.05) is 19.0 Å². The van der Waals surface area contributed by atoms with Crippen molar-refractivity contribution in [3.05, 3.63) is 23.9 Å². The predicted molar refractivity (Wildman–Crippen MR) is 54.9 cm³/mol. The highest BCUT2D eigenvalue weighted by molar-refractivity contribution is 6.33. The zero-order valence-corrected chi connectivity index (χ0v) is 8.60. The lowest BCUT2D eigenvalue weighted by Crippen LogP contribution is -2.15. The van der Waals surface area contributed by atoms with Gasteiger partial charge >= 0.3 is 5.97 Å². The van der Waals surface area contributed by atoms with E-state index >= 15 is 0 Å². The summed E-state index contributed by atoms with van der Waals surface area (Å²) in [4.78, 5) is 27.1. The third-order valence-electron chi connectivity index (χ3n) is 1.87. The van der Waals surface area contributed by atoms with E-state index in [9.17, 15) is 9.59 Å². The molecular weight excluding hydrogens is 196 g/mol. The molecule has 0 amide bonds. The molecule has 5 nitrogen and oxygen atoms in total. The van der Waals surface area contributed by atoms with Gasteiger partial charge in [0.15, 0.2) is 0 Å². The Morgan fingerprint density at radius 2 is 2.07 bits per heavy atom. The second-order valence-electron chi connectivity index (χ2n) is 3.32. The van der Waals surface area contributed by atoms with E-state index in [1.165, 1.54) is 6.20 Å². The van der Waals surface area contributed by atoms with Crippen LogP contribution in [0.5, 0.6) is 0 Å². The first-order valence-electron chi connectivity index (χ1n) is 4.39. The molecule has 15 heavy (non-hydrogen) atoms. The van der Waals surface area contributed by atoms with Gasteiger partial charge in [0.25, 0.3) is 0 Å². The van der Waals surface area contributed by atoms with E-state index in [4.69, 9.17) is 5.11 Å². The van der Waals surface area contributed by atoms with Gasteiger partial charge < -0.3 is 10.0 Å². The second-order valence-corrected chi connectivity index (χ2v) is 3.32. The van der Waals surface area contributed by atoms with Crippen molar-refractivity contribution in [2.24, 2.45) is 0 Å². The molecule has 0 spiro atoms. The Morgan fingerprint density at radius 1 is 1.40 bits per heavy atom. The van der Waals surface area contributed by atoms with E-state index in [0.717, 1.165) is 5.82 Å². The lowest BCUT2D eigenvalue weighted by Gasteiger charge is -2.10. The molecule has 5 heteroatoms. The number of carboxylic acids is 1. The van der Waals surface area contributed by atoms with E-state index in [-0.39, 0.29) is 6.42 Å². The maximum absolute atomic E-state index is 10.9. The van der Waals surface area contributed by atoms with Gasteiger partial charge in [0.2, 0.25) is 5.78 Å². The number of pyridine rings is 1. The molecule has 0 fully saturated rings. The molecule has 0 aliphatic heterocycles. The Bertz CT molecular complexity index is 371. The van der Waals surface area contributed by atoms with Gasteiger partial charge in [-0.15, -0.1) is 0 Å². The number of nitrogens with zero attached hydrogens (tertiary/aromatic N) is 2. The van der Waals surface area contributed by atoms with E-state index < -0.39 is 11.8 Å². The normalized spacial score (nSPS) is 9.73. The highest BCUT2D eigenvalue weighted by Crippen LogP contribution is 2.08. The summed E-state index contributed by atoms with van der Waals surface area (Å²) in [5, 5.41) is 8.41. The summed E-state index contributed by atoms with van der Waals surface area (Å²) in [6.07, 6.45) is 1.40.